The molecule has 2 fully saturated rings. The van der Waals surface area contributed by atoms with Crippen molar-refractivity contribution in [3.8, 4) is 0 Å². The van der Waals surface area contributed by atoms with Crippen LogP contribution in [0.1, 0.15) is 46.0 Å². The molecule has 0 aliphatic carbocycles. The van der Waals surface area contributed by atoms with Gasteiger partial charge >= 0.3 is 0 Å². The zero-order valence-corrected chi connectivity index (χ0v) is 12.4. The third-order valence-electron chi connectivity index (χ3n) is 4.45. The fourth-order valence-electron chi connectivity index (χ4n) is 3.12. The molecule has 0 aromatic carbocycles. The Kier molecular flexibility index (Phi) is 5.22. The molecule has 0 aromatic rings. The number of carbonyl (C=O) groups is 1. The van der Waals surface area contributed by atoms with Crippen LogP contribution in [0.5, 0.6) is 0 Å². The van der Waals surface area contributed by atoms with Crippen molar-refractivity contribution in [2.45, 2.75) is 52.1 Å². The van der Waals surface area contributed by atoms with Crippen LogP contribution in [0.15, 0.2) is 0 Å². The first-order valence-corrected chi connectivity index (χ1v) is 7.77. The number of nitrogens with one attached hydrogen (secondary N) is 1. The summed E-state index contributed by atoms with van der Waals surface area (Å²) in [5.41, 5.74) is -0.155. The Bertz CT molecular complexity index is 301. The van der Waals surface area contributed by atoms with Crippen molar-refractivity contribution in [2.24, 2.45) is 5.41 Å². The second-order valence-electron chi connectivity index (χ2n) is 6.20. The van der Waals surface area contributed by atoms with Gasteiger partial charge in [-0.2, -0.15) is 0 Å². The maximum atomic E-state index is 12.7. The predicted molar refractivity (Wildman–Crippen MR) is 76.1 cm³/mol. The van der Waals surface area contributed by atoms with Gasteiger partial charge < -0.3 is 15.0 Å². The molecule has 1 unspecified atom stereocenters. The van der Waals surface area contributed by atoms with Gasteiger partial charge in [0.1, 0.15) is 0 Å². The van der Waals surface area contributed by atoms with Crippen LogP contribution in [0.2, 0.25) is 0 Å². The van der Waals surface area contributed by atoms with E-state index in [0.29, 0.717) is 5.91 Å². The SMILES string of the molecule is CCCOC1CCCN(C(=O)C2(C)CCNCC2)C1. The van der Waals surface area contributed by atoms with Gasteiger partial charge in [-0.05, 0) is 45.2 Å². The fourth-order valence-corrected chi connectivity index (χ4v) is 3.12. The molecule has 0 saturated carbocycles. The maximum Gasteiger partial charge on any atom is 0.228 e. The minimum atomic E-state index is -0.155. The van der Waals surface area contributed by atoms with E-state index in [2.05, 4.69) is 24.1 Å². The van der Waals surface area contributed by atoms with E-state index >= 15 is 0 Å². The second kappa shape index (κ2) is 6.71. The monoisotopic (exact) mass is 268 g/mol. The van der Waals surface area contributed by atoms with Crippen LogP contribution in [0.4, 0.5) is 0 Å². The summed E-state index contributed by atoms with van der Waals surface area (Å²) in [4.78, 5) is 14.8. The molecule has 4 nitrogen and oxygen atoms in total. The number of hydrogen-bond acceptors (Lipinski definition) is 3. The van der Waals surface area contributed by atoms with E-state index in [0.717, 1.165) is 64.9 Å². The number of likely N-dealkylation sites (tertiary alicyclic amines) is 1. The quantitative estimate of drug-likeness (QED) is 0.845. The molecule has 2 aliphatic heterocycles. The van der Waals surface area contributed by atoms with Gasteiger partial charge in [0.25, 0.3) is 0 Å². The first kappa shape index (κ1) is 14.8. The highest BCUT2D eigenvalue weighted by molar-refractivity contribution is 5.82. The summed E-state index contributed by atoms with van der Waals surface area (Å²) in [7, 11) is 0. The summed E-state index contributed by atoms with van der Waals surface area (Å²) in [5, 5.41) is 3.34. The van der Waals surface area contributed by atoms with Gasteiger partial charge in [0.2, 0.25) is 5.91 Å². The van der Waals surface area contributed by atoms with Crippen LogP contribution < -0.4 is 5.32 Å². The van der Waals surface area contributed by atoms with Crippen molar-refractivity contribution in [1.82, 2.24) is 10.2 Å². The van der Waals surface area contributed by atoms with Gasteiger partial charge in [-0.1, -0.05) is 13.8 Å². The Labute approximate surface area is 116 Å². The number of nitrogens with zero attached hydrogens (tertiary/aromatic N) is 1. The van der Waals surface area contributed by atoms with Crippen molar-refractivity contribution >= 4 is 5.91 Å². The molecule has 0 aromatic heterocycles. The largest absolute Gasteiger partial charge is 0.376 e. The first-order chi connectivity index (χ1) is 9.15. The molecule has 0 radical (unpaired) electrons. The molecule has 2 saturated heterocycles. The predicted octanol–water partition coefficient (Wildman–Crippen LogP) is 1.79. The number of hydrogen-bond donors (Lipinski definition) is 1. The minimum Gasteiger partial charge on any atom is -0.376 e. The average molecular weight is 268 g/mol. The van der Waals surface area contributed by atoms with Crippen LogP contribution in [0.25, 0.3) is 0 Å². The zero-order chi connectivity index (χ0) is 13.7. The number of piperidine rings is 2. The number of ether oxygens (including phenoxy) is 1. The molecule has 1 N–H and O–H groups in total. The average Bonchev–Trinajstić information content (AvgIpc) is 2.45. The van der Waals surface area contributed by atoms with Crippen molar-refractivity contribution in [1.29, 1.82) is 0 Å². The van der Waals surface area contributed by atoms with Crippen LogP contribution in [-0.2, 0) is 9.53 Å². The van der Waals surface area contributed by atoms with Crippen LogP contribution in [0, 0.1) is 5.41 Å². The molecule has 19 heavy (non-hydrogen) atoms. The molecule has 0 bridgehead atoms. The van der Waals surface area contributed by atoms with E-state index in [1.807, 2.05) is 0 Å². The molecular weight excluding hydrogens is 240 g/mol. The standard InChI is InChI=1S/C15H28N2O2/c1-3-11-19-13-5-4-10-17(12-13)14(18)15(2)6-8-16-9-7-15/h13,16H,3-12H2,1-2H3. The molecule has 4 heteroatoms. The Morgan fingerprint density at radius 3 is 2.84 bits per heavy atom. The summed E-state index contributed by atoms with van der Waals surface area (Å²) in [6, 6.07) is 0. The third kappa shape index (κ3) is 3.69. The van der Waals surface area contributed by atoms with Crippen molar-refractivity contribution in [2.75, 3.05) is 32.8 Å². The van der Waals surface area contributed by atoms with Crippen molar-refractivity contribution < 1.29 is 9.53 Å². The van der Waals surface area contributed by atoms with Crippen LogP contribution in [0.3, 0.4) is 0 Å². The topological polar surface area (TPSA) is 41.6 Å². The van der Waals surface area contributed by atoms with Crippen LogP contribution in [-0.4, -0.2) is 49.7 Å². The third-order valence-corrected chi connectivity index (χ3v) is 4.45. The van der Waals surface area contributed by atoms with E-state index in [1.54, 1.807) is 0 Å². The zero-order valence-electron chi connectivity index (χ0n) is 12.4. The first-order valence-electron chi connectivity index (χ1n) is 7.77. The van der Waals surface area contributed by atoms with E-state index < -0.39 is 0 Å². The lowest BCUT2D eigenvalue weighted by Gasteiger charge is -2.40. The Balaban J connectivity index is 1.90. The van der Waals surface area contributed by atoms with Gasteiger partial charge in [-0.15, -0.1) is 0 Å². The lowest BCUT2D eigenvalue weighted by atomic mass is 9.79. The van der Waals surface area contributed by atoms with E-state index in [9.17, 15) is 4.79 Å². The van der Waals surface area contributed by atoms with Crippen molar-refractivity contribution in [3.63, 3.8) is 0 Å². The van der Waals surface area contributed by atoms with Crippen molar-refractivity contribution in [3.05, 3.63) is 0 Å². The lowest BCUT2D eigenvalue weighted by Crippen LogP contribution is -2.51. The van der Waals surface area contributed by atoms with Gasteiger partial charge in [0.15, 0.2) is 0 Å². The summed E-state index contributed by atoms with van der Waals surface area (Å²) in [6.45, 7) is 8.70. The van der Waals surface area contributed by atoms with Gasteiger partial charge in [0.05, 0.1) is 6.10 Å². The molecule has 2 heterocycles. The molecule has 2 rings (SSSR count). The normalized spacial score (nSPS) is 27.3. The molecule has 1 amide bonds. The maximum absolute atomic E-state index is 12.7. The highest BCUT2D eigenvalue weighted by Gasteiger charge is 2.39. The van der Waals surface area contributed by atoms with Crippen LogP contribution >= 0.6 is 0 Å². The summed E-state index contributed by atoms with van der Waals surface area (Å²) < 4.78 is 5.83. The Morgan fingerprint density at radius 1 is 1.42 bits per heavy atom. The number of carbonyl (C=O) groups excluding carboxylic acids is 1. The Morgan fingerprint density at radius 2 is 2.16 bits per heavy atom. The summed E-state index contributed by atoms with van der Waals surface area (Å²) >= 11 is 0. The van der Waals surface area contributed by atoms with Gasteiger partial charge in [-0.25, -0.2) is 0 Å². The van der Waals surface area contributed by atoms with E-state index in [1.165, 1.54) is 0 Å². The number of amides is 1. The highest BCUT2D eigenvalue weighted by Crippen LogP contribution is 2.31. The van der Waals surface area contributed by atoms with E-state index in [-0.39, 0.29) is 11.5 Å². The number of rotatable bonds is 4. The second-order valence-corrected chi connectivity index (χ2v) is 6.20. The molecular formula is C15H28N2O2. The lowest BCUT2D eigenvalue weighted by molar-refractivity contribution is -0.147. The molecule has 2 aliphatic rings. The van der Waals surface area contributed by atoms with E-state index in [4.69, 9.17) is 4.74 Å². The molecule has 1 atom stereocenters. The van der Waals surface area contributed by atoms with Gasteiger partial charge in [-0.3, -0.25) is 4.79 Å². The fraction of sp³-hybridized carbons (Fsp3) is 0.933. The summed E-state index contributed by atoms with van der Waals surface area (Å²) in [5.74, 6) is 0.346. The summed E-state index contributed by atoms with van der Waals surface area (Å²) in [6.07, 6.45) is 5.40. The molecule has 0 spiro atoms. The smallest absolute Gasteiger partial charge is 0.228 e. The van der Waals surface area contributed by atoms with Gasteiger partial charge in [0, 0.05) is 25.1 Å². The molecule has 110 valence electrons. The minimum absolute atomic E-state index is 0.155. The Hall–Kier alpha value is -0.610. The highest BCUT2D eigenvalue weighted by atomic mass is 16.5.